The molecule has 5 N–H and O–H groups in total. The highest BCUT2D eigenvalue weighted by molar-refractivity contribution is 6.35. The average molecular weight is 405 g/mol. The van der Waals surface area contributed by atoms with E-state index in [0.29, 0.717) is 5.02 Å². The molecule has 0 spiro atoms. The highest BCUT2D eigenvalue weighted by Gasteiger charge is 2.21. The number of para-hydroxylation sites is 1. The zero-order chi connectivity index (χ0) is 20.5. The van der Waals surface area contributed by atoms with E-state index in [1.54, 1.807) is 12.3 Å². The minimum Gasteiger partial charge on any atom is -0.382 e. The lowest BCUT2D eigenvalue weighted by Gasteiger charge is -2.16. The number of rotatable bonds is 4. The van der Waals surface area contributed by atoms with Crippen LogP contribution in [0.25, 0.3) is 16.7 Å². The molecule has 4 aromatic rings. The lowest BCUT2D eigenvalue weighted by atomic mass is 10.1. The first-order valence-corrected chi connectivity index (χ1v) is 9.18. The van der Waals surface area contributed by atoms with Crippen LogP contribution >= 0.6 is 11.6 Å². The summed E-state index contributed by atoms with van der Waals surface area (Å²) in [6.45, 7) is 1.93. The Balaban J connectivity index is 1.84. The number of hydrogen-bond acceptors (Lipinski definition) is 7. The molecule has 0 saturated heterocycles. The van der Waals surface area contributed by atoms with Crippen molar-refractivity contribution < 1.29 is 0 Å². The molecule has 0 aliphatic rings. The van der Waals surface area contributed by atoms with Crippen molar-refractivity contribution in [3.05, 3.63) is 64.9 Å². The number of hydrogen-bond donors (Lipinski definition) is 3. The van der Waals surface area contributed by atoms with Crippen molar-refractivity contribution in [2.45, 2.75) is 13.0 Å². The monoisotopic (exact) mass is 404 g/mol. The van der Waals surface area contributed by atoms with Gasteiger partial charge in [-0.1, -0.05) is 29.8 Å². The molecule has 9 heteroatoms. The van der Waals surface area contributed by atoms with E-state index in [1.807, 2.05) is 54.1 Å². The number of fused-ring (bicyclic) bond motifs is 1. The predicted molar refractivity (Wildman–Crippen MR) is 114 cm³/mol. The summed E-state index contributed by atoms with van der Waals surface area (Å²) in [7, 11) is 0. The number of aromatic nitrogens is 4. The van der Waals surface area contributed by atoms with Crippen LogP contribution in [0.2, 0.25) is 5.02 Å². The van der Waals surface area contributed by atoms with Crippen molar-refractivity contribution >= 4 is 40.2 Å². The van der Waals surface area contributed by atoms with E-state index in [-0.39, 0.29) is 29.2 Å². The zero-order valence-corrected chi connectivity index (χ0v) is 16.2. The molecule has 0 aliphatic carbocycles. The van der Waals surface area contributed by atoms with Crippen molar-refractivity contribution in [2.24, 2.45) is 0 Å². The maximum Gasteiger partial charge on any atom is 0.224 e. The Hall–Kier alpha value is -3.83. The third-order valence-electron chi connectivity index (χ3n) is 4.59. The molecular weight excluding hydrogens is 388 g/mol. The second-order valence-electron chi connectivity index (χ2n) is 6.45. The number of anilines is 3. The Morgan fingerprint density at radius 3 is 2.66 bits per heavy atom. The van der Waals surface area contributed by atoms with E-state index >= 15 is 0 Å². The Labute approximate surface area is 171 Å². The number of nitrogens with zero attached hydrogens (tertiary/aromatic N) is 5. The number of nitrogens with two attached hydrogens (primary N) is 2. The summed E-state index contributed by atoms with van der Waals surface area (Å²) < 4.78 is 1.97. The quantitative estimate of drug-likeness (QED) is 0.472. The van der Waals surface area contributed by atoms with E-state index in [9.17, 15) is 5.26 Å². The molecule has 3 heterocycles. The fourth-order valence-electron chi connectivity index (χ4n) is 3.25. The molecule has 0 amide bonds. The second-order valence-corrected chi connectivity index (χ2v) is 6.86. The number of nitriles is 1. The van der Waals surface area contributed by atoms with Gasteiger partial charge < -0.3 is 21.4 Å². The van der Waals surface area contributed by atoms with Gasteiger partial charge in [0.05, 0.1) is 11.1 Å². The first kappa shape index (κ1) is 18.5. The minimum atomic E-state index is -0.273. The van der Waals surface area contributed by atoms with Crippen LogP contribution in [0.15, 0.2) is 48.8 Å². The lowest BCUT2D eigenvalue weighted by molar-refractivity contribution is 0.875. The van der Waals surface area contributed by atoms with Crippen molar-refractivity contribution in [1.29, 1.82) is 5.26 Å². The van der Waals surface area contributed by atoms with Gasteiger partial charge in [-0.15, -0.1) is 0 Å². The Kier molecular flexibility index (Phi) is 4.66. The summed E-state index contributed by atoms with van der Waals surface area (Å²) in [4.78, 5) is 12.5. The van der Waals surface area contributed by atoms with Crippen LogP contribution in [-0.4, -0.2) is 19.5 Å². The van der Waals surface area contributed by atoms with Gasteiger partial charge in [-0.3, -0.25) is 0 Å². The van der Waals surface area contributed by atoms with E-state index < -0.39 is 0 Å². The van der Waals surface area contributed by atoms with Crippen LogP contribution in [0, 0.1) is 11.3 Å². The first-order chi connectivity index (χ1) is 14.0. The molecule has 1 atom stereocenters. The molecule has 0 bridgehead atoms. The van der Waals surface area contributed by atoms with E-state index in [1.165, 1.54) is 0 Å². The molecule has 144 valence electrons. The summed E-state index contributed by atoms with van der Waals surface area (Å²) in [6, 6.07) is 13.3. The topological polar surface area (TPSA) is 131 Å². The highest BCUT2D eigenvalue weighted by atomic mass is 35.5. The van der Waals surface area contributed by atoms with Crippen molar-refractivity contribution in [3.63, 3.8) is 0 Å². The molecule has 0 aliphatic heterocycles. The Morgan fingerprint density at radius 2 is 1.93 bits per heavy atom. The van der Waals surface area contributed by atoms with Gasteiger partial charge in [-0.25, -0.2) is 4.98 Å². The largest absolute Gasteiger partial charge is 0.382 e. The third-order valence-corrected chi connectivity index (χ3v) is 4.90. The van der Waals surface area contributed by atoms with Crippen LogP contribution in [0.5, 0.6) is 0 Å². The van der Waals surface area contributed by atoms with Gasteiger partial charge in [-0.05, 0) is 25.1 Å². The minimum absolute atomic E-state index is 0.0115. The number of pyridine rings is 1. The first-order valence-electron chi connectivity index (χ1n) is 8.80. The zero-order valence-electron chi connectivity index (χ0n) is 15.5. The SMILES string of the molecule is CC(Nc1nc(N)nc(N)c1C#N)c1cn(-c2ccccc2)c2nccc(Cl)c12. The normalized spacial score (nSPS) is 11.9. The van der Waals surface area contributed by atoms with Crippen LogP contribution in [-0.2, 0) is 0 Å². The number of nitrogens with one attached hydrogen (secondary N) is 1. The molecule has 3 aromatic heterocycles. The van der Waals surface area contributed by atoms with Crippen LogP contribution in [0.1, 0.15) is 24.1 Å². The van der Waals surface area contributed by atoms with Gasteiger partial charge >= 0.3 is 0 Å². The number of nitrogen functional groups attached to an aromatic ring is 2. The standard InChI is InChI=1S/C20H17ClN8/c1-11(26-18-13(9-22)17(23)27-20(24)28-18)14-10-29(12-5-3-2-4-6-12)19-16(14)15(21)7-8-25-19/h2-8,10-11H,1H3,(H5,23,24,26,27,28). The third kappa shape index (κ3) is 3.28. The molecule has 4 rings (SSSR count). The van der Waals surface area contributed by atoms with E-state index in [2.05, 4.69) is 20.3 Å². The summed E-state index contributed by atoms with van der Waals surface area (Å²) >= 11 is 6.52. The summed E-state index contributed by atoms with van der Waals surface area (Å²) in [5.41, 5.74) is 14.2. The summed E-state index contributed by atoms with van der Waals surface area (Å²) in [5, 5.41) is 14.0. The molecule has 1 aromatic carbocycles. The maximum atomic E-state index is 9.42. The number of halogens is 1. The average Bonchev–Trinajstić information content (AvgIpc) is 3.09. The van der Waals surface area contributed by atoms with E-state index in [4.69, 9.17) is 23.1 Å². The molecule has 8 nitrogen and oxygen atoms in total. The van der Waals surface area contributed by atoms with Gasteiger partial charge in [0.2, 0.25) is 5.95 Å². The van der Waals surface area contributed by atoms with Gasteiger partial charge in [0.15, 0.2) is 5.82 Å². The smallest absolute Gasteiger partial charge is 0.224 e. The fourth-order valence-corrected chi connectivity index (χ4v) is 3.50. The Morgan fingerprint density at radius 1 is 1.17 bits per heavy atom. The van der Waals surface area contributed by atoms with Crippen LogP contribution < -0.4 is 16.8 Å². The molecule has 29 heavy (non-hydrogen) atoms. The van der Waals surface area contributed by atoms with Crippen molar-refractivity contribution in [2.75, 3.05) is 16.8 Å². The number of benzene rings is 1. The fraction of sp³-hybridized carbons (Fsp3) is 0.100. The predicted octanol–water partition coefficient (Wildman–Crippen LogP) is 3.68. The van der Waals surface area contributed by atoms with Crippen LogP contribution in [0.4, 0.5) is 17.6 Å². The maximum absolute atomic E-state index is 9.42. The Bertz CT molecular complexity index is 1240. The summed E-state index contributed by atoms with van der Waals surface area (Å²) in [5.74, 6) is 0.286. The molecule has 0 fully saturated rings. The molecule has 0 radical (unpaired) electrons. The van der Waals surface area contributed by atoms with Gasteiger partial charge in [0.1, 0.15) is 23.1 Å². The summed E-state index contributed by atoms with van der Waals surface area (Å²) in [6.07, 6.45) is 3.64. The molecular formula is C20H17ClN8. The molecule has 1 unspecified atom stereocenters. The highest BCUT2D eigenvalue weighted by Crippen LogP contribution is 2.34. The lowest BCUT2D eigenvalue weighted by Crippen LogP contribution is -2.13. The van der Waals surface area contributed by atoms with Crippen molar-refractivity contribution in [1.82, 2.24) is 19.5 Å². The van der Waals surface area contributed by atoms with Crippen LogP contribution in [0.3, 0.4) is 0 Å². The van der Waals surface area contributed by atoms with Gasteiger partial charge in [-0.2, -0.15) is 15.2 Å². The van der Waals surface area contributed by atoms with Gasteiger partial charge in [0, 0.05) is 29.0 Å². The van der Waals surface area contributed by atoms with E-state index in [0.717, 1.165) is 22.3 Å². The van der Waals surface area contributed by atoms with Gasteiger partial charge in [0.25, 0.3) is 0 Å². The molecule has 0 saturated carbocycles. The van der Waals surface area contributed by atoms with Crippen molar-refractivity contribution in [3.8, 4) is 11.8 Å². The second kappa shape index (κ2) is 7.30.